The van der Waals surface area contributed by atoms with Crippen molar-refractivity contribution < 1.29 is 9.53 Å². The fourth-order valence-electron chi connectivity index (χ4n) is 1.71. The second-order valence-electron chi connectivity index (χ2n) is 4.26. The molecular formula is C12H18ClN3O3. The van der Waals surface area contributed by atoms with Crippen LogP contribution in [0.1, 0.15) is 26.7 Å². The summed E-state index contributed by atoms with van der Waals surface area (Å²) >= 11 is 5.71. The Bertz CT molecular complexity index is 501. The largest absolute Gasteiger partial charge is 0.489 e. The van der Waals surface area contributed by atoms with Gasteiger partial charge in [-0.3, -0.25) is 14.2 Å². The van der Waals surface area contributed by atoms with E-state index in [9.17, 15) is 9.59 Å². The molecule has 1 atom stereocenters. The van der Waals surface area contributed by atoms with Crippen LogP contribution in [-0.2, 0) is 11.3 Å². The number of hydrogen-bond donors (Lipinski definition) is 1. The zero-order valence-corrected chi connectivity index (χ0v) is 12.0. The van der Waals surface area contributed by atoms with Crippen LogP contribution in [0.4, 0.5) is 0 Å². The highest BCUT2D eigenvalue weighted by Crippen LogP contribution is 2.14. The predicted octanol–water partition coefficient (Wildman–Crippen LogP) is 1.21. The molecule has 7 heteroatoms. The predicted molar refractivity (Wildman–Crippen MR) is 72.6 cm³/mol. The molecule has 1 unspecified atom stereocenters. The molecule has 0 spiro atoms. The van der Waals surface area contributed by atoms with Crippen LogP contribution < -0.4 is 15.6 Å². The molecule has 1 N–H and O–H groups in total. The molecule has 1 amide bonds. The van der Waals surface area contributed by atoms with Gasteiger partial charge in [0, 0.05) is 6.04 Å². The van der Waals surface area contributed by atoms with Gasteiger partial charge < -0.3 is 10.1 Å². The van der Waals surface area contributed by atoms with E-state index in [1.807, 2.05) is 13.8 Å². The molecule has 0 aromatic carbocycles. The molecule has 1 aromatic rings. The van der Waals surface area contributed by atoms with Gasteiger partial charge in [0.2, 0.25) is 11.7 Å². The molecule has 1 aromatic heterocycles. The lowest BCUT2D eigenvalue weighted by molar-refractivity contribution is -0.122. The van der Waals surface area contributed by atoms with Gasteiger partial charge >= 0.3 is 0 Å². The van der Waals surface area contributed by atoms with Crippen molar-refractivity contribution in [3.05, 3.63) is 21.8 Å². The van der Waals surface area contributed by atoms with Crippen LogP contribution in [0.15, 0.2) is 11.1 Å². The summed E-state index contributed by atoms with van der Waals surface area (Å²) in [7, 11) is 1.33. The van der Waals surface area contributed by atoms with E-state index in [1.54, 1.807) is 0 Å². The summed E-state index contributed by atoms with van der Waals surface area (Å²) in [4.78, 5) is 27.5. The van der Waals surface area contributed by atoms with Crippen molar-refractivity contribution >= 4 is 17.5 Å². The minimum absolute atomic E-state index is 0.0106. The van der Waals surface area contributed by atoms with Gasteiger partial charge in [0.05, 0.1) is 13.4 Å². The Morgan fingerprint density at radius 3 is 2.89 bits per heavy atom. The monoisotopic (exact) mass is 287 g/mol. The van der Waals surface area contributed by atoms with E-state index >= 15 is 0 Å². The van der Waals surface area contributed by atoms with Crippen LogP contribution in [0.25, 0.3) is 0 Å². The van der Waals surface area contributed by atoms with Crippen LogP contribution in [0.5, 0.6) is 5.75 Å². The quantitative estimate of drug-likeness (QED) is 0.798. The van der Waals surface area contributed by atoms with Gasteiger partial charge in [0.1, 0.15) is 6.54 Å². The van der Waals surface area contributed by atoms with E-state index in [2.05, 4.69) is 10.3 Å². The SMILES string of the molecule is CCCC(C)NC(=O)Cn1cnc(Cl)c(OC)c1=O. The molecule has 1 rings (SSSR count). The highest BCUT2D eigenvalue weighted by Gasteiger charge is 2.13. The zero-order chi connectivity index (χ0) is 14.4. The Morgan fingerprint density at radius 1 is 1.63 bits per heavy atom. The molecule has 1 heterocycles. The van der Waals surface area contributed by atoms with Crippen LogP contribution in [0.3, 0.4) is 0 Å². The highest BCUT2D eigenvalue weighted by atomic mass is 35.5. The van der Waals surface area contributed by atoms with E-state index in [4.69, 9.17) is 16.3 Å². The molecule has 106 valence electrons. The molecule has 0 saturated heterocycles. The van der Waals surface area contributed by atoms with Crippen LogP contribution in [-0.4, -0.2) is 28.6 Å². The van der Waals surface area contributed by atoms with E-state index in [1.165, 1.54) is 18.0 Å². The summed E-state index contributed by atoms with van der Waals surface area (Å²) < 4.78 is 6.02. The number of halogens is 1. The summed E-state index contributed by atoms with van der Waals surface area (Å²) in [6.45, 7) is 3.86. The Labute approximate surface area is 116 Å². The molecule has 6 nitrogen and oxygen atoms in total. The first kappa shape index (κ1) is 15.5. The van der Waals surface area contributed by atoms with Crippen molar-refractivity contribution in [2.75, 3.05) is 7.11 Å². The number of rotatable bonds is 6. The van der Waals surface area contributed by atoms with Gasteiger partial charge in [-0.2, -0.15) is 0 Å². The van der Waals surface area contributed by atoms with Gasteiger partial charge in [0.25, 0.3) is 5.56 Å². The second kappa shape index (κ2) is 7.13. The first-order valence-electron chi connectivity index (χ1n) is 6.07. The minimum Gasteiger partial charge on any atom is -0.489 e. The van der Waals surface area contributed by atoms with Crippen LogP contribution >= 0.6 is 11.6 Å². The maximum atomic E-state index is 11.9. The van der Waals surface area contributed by atoms with Crippen molar-refractivity contribution in [1.82, 2.24) is 14.9 Å². The molecule has 0 aliphatic heterocycles. The number of hydrogen-bond acceptors (Lipinski definition) is 4. The molecule has 0 bridgehead atoms. The lowest BCUT2D eigenvalue weighted by Gasteiger charge is -2.13. The fraction of sp³-hybridized carbons (Fsp3) is 0.583. The van der Waals surface area contributed by atoms with E-state index < -0.39 is 5.56 Å². The molecule has 0 aliphatic rings. The van der Waals surface area contributed by atoms with Gasteiger partial charge in [-0.15, -0.1) is 0 Å². The van der Waals surface area contributed by atoms with Crippen molar-refractivity contribution in [3.8, 4) is 5.75 Å². The number of carbonyl (C=O) groups is 1. The van der Waals surface area contributed by atoms with E-state index in [0.717, 1.165) is 12.8 Å². The normalized spacial score (nSPS) is 12.0. The number of aromatic nitrogens is 2. The Kier molecular flexibility index (Phi) is 5.82. The molecule has 0 saturated carbocycles. The molecule has 0 fully saturated rings. The Balaban J connectivity index is 2.78. The maximum absolute atomic E-state index is 11.9. The first-order valence-corrected chi connectivity index (χ1v) is 6.45. The summed E-state index contributed by atoms with van der Waals surface area (Å²) in [5.41, 5.74) is -0.471. The summed E-state index contributed by atoms with van der Waals surface area (Å²) in [5, 5.41) is 2.80. The average Bonchev–Trinajstić information content (AvgIpc) is 2.33. The number of nitrogens with one attached hydrogen (secondary N) is 1. The van der Waals surface area contributed by atoms with Crippen LogP contribution in [0.2, 0.25) is 5.15 Å². The van der Waals surface area contributed by atoms with Crippen molar-refractivity contribution in [2.24, 2.45) is 0 Å². The summed E-state index contributed by atoms with van der Waals surface area (Å²) in [5.74, 6) is -0.298. The lowest BCUT2D eigenvalue weighted by atomic mass is 10.2. The van der Waals surface area contributed by atoms with Crippen molar-refractivity contribution in [3.63, 3.8) is 0 Å². The van der Waals surface area contributed by atoms with E-state index in [0.29, 0.717) is 0 Å². The summed E-state index contributed by atoms with van der Waals surface area (Å²) in [6, 6.07) is 0.0790. The standard InChI is InChI=1S/C12H18ClN3O3/c1-4-5-8(2)15-9(17)6-16-7-14-11(13)10(19-3)12(16)18/h7-8H,4-6H2,1-3H3,(H,15,17). The highest BCUT2D eigenvalue weighted by molar-refractivity contribution is 6.30. The second-order valence-corrected chi connectivity index (χ2v) is 4.62. The van der Waals surface area contributed by atoms with Gasteiger partial charge in [-0.1, -0.05) is 24.9 Å². The Morgan fingerprint density at radius 2 is 2.32 bits per heavy atom. The zero-order valence-electron chi connectivity index (χ0n) is 11.3. The number of amides is 1. The smallest absolute Gasteiger partial charge is 0.297 e. The number of methoxy groups -OCH3 is 1. The summed E-state index contributed by atoms with van der Waals surface area (Å²) in [6.07, 6.45) is 3.11. The van der Waals surface area contributed by atoms with Gasteiger partial charge in [-0.05, 0) is 13.3 Å². The fourth-order valence-corrected chi connectivity index (χ4v) is 1.92. The van der Waals surface area contributed by atoms with Crippen molar-refractivity contribution in [1.29, 1.82) is 0 Å². The molecule has 0 radical (unpaired) electrons. The third kappa shape index (κ3) is 4.24. The third-order valence-electron chi connectivity index (χ3n) is 2.60. The average molecular weight is 288 g/mol. The molecular weight excluding hydrogens is 270 g/mol. The van der Waals surface area contributed by atoms with Gasteiger partial charge in [-0.25, -0.2) is 4.98 Å². The topological polar surface area (TPSA) is 73.2 Å². The van der Waals surface area contributed by atoms with Gasteiger partial charge in [0.15, 0.2) is 5.15 Å². The van der Waals surface area contributed by atoms with Crippen LogP contribution in [0, 0.1) is 0 Å². The number of ether oxygens (including phenoxy) is 1. The number of carbonyl (C=O) groups excluding carboxylic acids is 1. The lowest BCUT2D eigenvalue weighted by Crippen LogP contribution is -2.37. The maximum Gasteiger partial charge on any atom is 0.297 e. The molecule has 0 aliphatic carbocycles. The van der Waals surface area contributed by atoms with E-state index in [-0.39, 0.29) is 29.4 Å². The molecule has 19 heavy (non-hydrogen) atoms. The number of nitrogens with zero attached hydrogens (tertiary/aromatic N) is 2. The van der Waals surface area contributed by atoms with Crippen molar-refractivity contribution in [2.45, 2.75) is 39.3 Å². The Hall–Kier alpha value is -1.56. The minimum atomic E-state index is -0.471. The third-order valence-corrected chi connectivity index (χ3v) is 2.87. The first-order chi connectivity index (χ1) is 8.99.